The second-order valence-corrected chi connectivity index (χ2v) is 7.45. The minimum Gasteiger partial charge on any atom is -0.385 e. The summed E-state index contributed by atoms with van der Waals surface area (Å²) in [7, 11) is 0. The Bertz CT molecular complexity index is 931. The van der Waals surface area contributed by atoms with Gasteiger partial charge in [-0.2, -0.15) is 4.98 Å². The zero-order valence-electron chi connectivity index (χ0n) is 17.3. The molecule has 0 spiro atoms. The van der Waals surface area contributed by atoms with Crippen molar-refractivity contribution in [2.45, 2.75) is 51.6 Å². The van der Waals surface area contributed by atoms with Gasteiger partial charge in [0.1, 0.15) is 0 Å². The molecule has 1 amide bonds. The molecule has 1 aromatic carbocycles. The van der Waals surface area contributed by atoms with Crippen LogP contribution in [0.2, 0.25) is 0 Å². The minimum atomic E-state index is -0.724. The topological polar surface area (TPSA) is 168 Å². The molecule has 2 atom stereocenters. The van der Waals surface area contributed by atoms with Crippen molar-refractivity contribution in [3.8, 4) is 0 Å². The summed E-state index contributed by atoms with van der Waals surface area (Å²) in [5, 5.41) is 25.3. The number of carbonyl (C=O) groups excluding carboxylic acids is 1. The molecule has 10 heteroatoms. The van der Waals surface area contributed by atoms with Crippen LogP contribution in [0.4, 0.5) is 23.1 Å². The van der Waals surface area contributed by atoms with E-state index < -0.39 is 5.91 Å². The lowest BCUT2D eigenvalue weighted by atomic mass is 9.91. The number of nitrogens with zero attached hydrogens (tertiary/aromatic N) is 3. The van der Waals surface area contributed by atoms with Gasteiger partial charge in [-0.3, -0.25) is 4.79 Å². The van der Waals surface area contributed by atoms with Gasteiger partial charge >= 0.3 is 0 Å². The first kappa shape index (κ1) is 21.4. The van der Waals surface area contributed by atoms with Crippen molar-refractivity contribution < 1.29 is 4.79 Å². The molecule has 2 aromatic rings. The van der Waals surface area contributed by atoms with E-state index in [9.17, 15) is 4.79 Å². The molecule has 160 valence electrons. The molecule has 8 N–H and O–H groups in total. The molecule has 0 saturated heterocycles. The van der Waals surface area contributed by atoms with Crippen molar-refractivity contribution >= 4 is 35.3 Å². The maximum Gasteiger partial charge on any atom is 0.273 e. The molecular formula is C20H29N9O. The molecule has 1 saturated carbocycles. The van der Waals surface area contributed by atoms with Gasteiger partial charge in [-0.25, -0.2) is 0 Å². The SMILES string of the molecule is CCNc1cc(Nc2nc(N[C@@H]3CCCC[C@@H]3N)nnc2C(N)=O)cc(C)c1C=N. The average Bonchev–Trinajstić information content (AvgIpc) is 2.70. The Kier molecular flexibility index (Phi) is 6.78. The summed E-state index contributed by atoms with van der Waals surface area (Å²) >= 11 is 0. The zero-order chi connectivity index (χ0) is 21.7. The van der Waals surface area contributed by atoms with Gasteiger partial charge in [0.15, 0.2) is 11.5 Å². The van der Waals surface area contributed by atoms with Gasteiger partial charge in [0.25, 0.3) is 5.91 Å². The number of primary amides is 1. The van der Waals surface area contributed by atoms with E-state index >= 15 is 0 Å². The fraction of sp³-hybridized carbons (Fsp3) is 0.450. The van der Waals surface area contributed by atoms with E-state index in [4.69, 9.17) is 16.9 Å². The fourth-order valence-corrected chi connectivity index (χ4v) is 3.68. The van der Waals surface area contributed by atoms with E-state index in [1.165, 1.54) is 6.21 Å². The van der Waals surface area contributed by atoms with E-state index in [2.05, 4.69) is 31.1 Å². The summed E-state index contributed by atoms with van der Waals surface area (Å²) in [5.74, 6) is -0.211. The Hall–Kier alpha value is -3.27. The lowest BCUT2D eigenvalue weighted by Gasteiger charge is -2.29. The number of rotatable bonds is 8. The van der Waals surface area contributed by atoms with Crippen molar-refractivity contribution in [2.24, 2.45) is 11.5 Å². The van der Waals surface area contributed by atoms with Gasteiger partial charge in [0, 0.05) is 41.8 Å². The zero-order valence-corrected chi connectivity index (χ0v) is 17.3. The molecule has 1 aliphatic carbocycles. The molecule has 1 aromatic heterocycles. The Morgan fingerprint density at radius 1 is 1.30 bits per heavy atom. The van der Waals surface area contributed by atoms with E-state index in [0.717, 1.165) is 42.5 Å². The molecule has 0 unspecified atom stereocenters. The third kappa shape index (κ3) is 4.82. The molecule has 10 nitrogen and oxygen atoms in total. The largest absolute Gasteiger partial charge is 0.385 e. The Labute approximate surface area is 175 Å². The first-order valence-corrected chi connectivity index (χ1v) is 10.2. The Balaban J connectivity index is 1.92. The highest BCUT2D eigenvalue weighted by molar-refractivity contribution is 5.96. The number of nitrogens with one attached hydrogen (secondary N) is 4. The second kappa shape index (κ2) is 9.49. The van der Waals surface area contributed by atoms with Crippen LogP contribution in [-0.4, -0.2) is 45.9 Å². The van der Waals surface area contributed by atoms with Crippen LogP contribution in [0.25, 0.3) is 0 Å². The normalized spacial score (nSPS) is 18.5. The van der Waals surface area contributed by atoms with Crippen LogP contribution in [0.5, 0.6) is 0 Å². The highest BCUT2D eigenvalue weighted by atomic mass is 16.1. The quantitative estimate of drug-likeness (QED) is 0.359. The summed E-state index contributed by atoms with van der Waals surface area (Å²) in [6.07, 6.45) is 5.40. The van der Waals surface area contributed by atoms with Crippen LogP contribution < -0.4 is 27.4 Å². The van der Waals surface area contributed by atoms with E-state index in [-0.39, 0.29) is 23.6 Å². The second-order valence-electron chi connectivity index (χ2n) is 7.45. The van der Waals surface area contributed by atoms with Gasteiger partial charge in [-0.15, -0.1) is 10.2 Å². The van der Waals surface area contributed by atoms with E-state index in [1.807, 2.05) is 26.0 Å². The molecule has 1 heterocycles. The molecule has 1 fully saturated rings. The summed E-state index contributed by atoms with van der Waals surface area (Å²) in [6.45, 7) is 4.61. The van der Waals surface area contributed by atoms with Gasteiger partial charge in [-0.05, 0) is 44.4 Å². The van der Waals surface area contributed by atoms with Crippen molar-refractivity contribution in [3.05, 3.63) is 29.0 Å². The average molecular weight is 412 g/mol. The highest BCUT2D eigenvalue weighted by Crippen LogP contribution is 2.27. The number of nitrogens with two attached hydrogens (primary N) is 2. The predicted molar refractivity (Wildman–Crippen MR) is 119 cm³/mol. The van der Waals surface area contributed by atoms with Crippen LogP contribution >= 0.6 is 0 Å². The Morgan fingerprint density at radius 3 is 2.73 bits per heavy atom. The number of aromatic nitrogens is 3. The van der Waals surface area contributed by atoms with Gasteiger partial charge in [-0.1, -0.05) is 12.8 Å². The number of amides is 1. The van der Waals surface area contributed by atoms with E-state index in [0.29, 0.717) is 18.2 Å². The molecule has 1 aliphatic rings. The smallest absolute Gasteiger partial charge is 0.273 e. The number of benzene rings is 1. The van der Waals surface area contributed by atoms with Crippen molar-refractivity contribution in [1.82, 2.24) is 15.2 Å². The lowest BCUT2D eigenvalue weighted by Crippen LogP contribution is -2.43. The molecule has 0 aliphatic heterocycles. The van der Waals surface area contributed by atoms with Crippen LogP contribution in [-0.2, 0) is 0 Å². The van der Waals surface area contributed by atoms with Gasteiger partial charge in [0.05, 0.1) is 0 Å². The third-order valence-electron chi connectivity index (χ3n) is 5.22. The standard InChI is InChI=1S/C20H29N9O/c1-3-24-16-9-12(8-11(2)13(16)10-21)25-19-17(18(23)30)28-29-20(27-19)26-15-7-5-4-6-14(15)22/h8-10,14-15,21,24H,3-7,22H2,1-2H3,(H2,23,30)(H2,25,26,27,29)/t14-,15+/m0/s1. The van der Waals surface area contributed by atoms with Gasteiger partial charge < -0.3 is 32.8 Å². The maximum absolute atomic E-state index is 11.9. The Morgan fingerprint density at radius 2 is 2.07 bits per heavy atom. The van der Waals surface area contributed by atoms with Crippen LogP contribution in [0.15, 0.2) is 12.1 Å². The first-order chi connectivity index (χ1) is 14.4. The summed E-state index contributed by atoms with van der Waals surface area (Å²) in [4.78, 5) is 16.3. The number of hydrogen-bond donors (Lipinski definition) is 6. The highest BCUT2D eigenvalue weighted by Gasteiger charge is 2.23. The summed E-state index contributed by atoms with van der Waals surface area (Å²) in [6, 6.07) is 3.81. The predicted octanol–water partition coefficient (Wildman–Crippen LogP) is 2.13. The first-order valence-electron chi connectivity index (χ1n) is 10.2. The van der Waals surface area contributed by atoms with Crippen molar-refractivity contribution in [2.75, 3.05) is 22.5 Å². The molecular weight excluding hydrogens is 382 g/mol. The van der Waals surface area contributed by atoms with Gasteiger partial charge in [0.2, 0.25) is 5.95 Å². The molecule has 0 bridgehead atoms. The monoisotopic (exact) mass is 411 g/mol. The van der Waals surface area contributed by atoms with E-state index in [1.54, 1.807) is 0 Å². The number of hydrogen-bond acceptors (Lipinski definition) is 9. The number of anilines is 4. The van der Waals surface area contributed by atoms with Crippen LogP contribution in [0.1, 0.15) is 54.2 Å². The fourth-order valence-electron chi connectivity index (χ4n) is 3.68. The lowest BCUT2D eigenvalue weighted by molar-refractivity contribution is 0.0995. The number of aryl methyl sites for hydroxylation is 1. The maximum atomic E-state index is 11.9. The minimum absolute atomic E-state index is 0.0218. The van der Waals surface area contributed by atoms with Crippen LogP contribution in [0, 0.1) is 12.3 Å². The van der Waals surface area contributed by atoms with Crippen LogP contribution in [0.3, 0.4) is 0 Å². The molecule has 3 rings (SSSR count). The molecule has 30 heavy (non-hydrogen) atoms. The third-order valence-corrected chi connectivity index (χ3v) is 5.22. The summed E-state index contributed by atoms with van der Waals surface area (Å²) in [5.41, 5.74) is 14.8. The molecule has 0 radical (unpaired) electrons. The summed E-state index contributed by atoms with van der Waals surface area (Å²) < 4.78 is 0. The van der Waals surface area contributed by atoms with Crippen molar-refractivity contribution in [3.63, 3.8) is 0 Å². The van der Waals surface area contributed by atoms with Crippen molar-refractivity contribution in [1.29, 1.82) is 5.41 Å². The number of carbonyl (C=O) groups is 1.